The van der Waals surface area contributed by atoms with Gasteiger partial charge in [0.1, 0.15) is 17.7 Å². The summed E-state index contributed by atoms with van der Waals surface area (Å²) in [5.74, 6) is -2.71. The number of carbonyl (C=O) groups excluding carboxylic acids is 5. The van der Waals surface area contributed by atoms with E-state index in [-0.39, 0.29) is 31.8 Å². The highest BCUT2D eigenvalue weighted by Gasteiger charge is 2.38. The second-order valence-corrected chi connectivity index (χ2v) is 11.7. The highest BCUT2D eigenvalue weighted by Crippen LogP contribution is 2.22. The number of amides is 4. The molecule has 1 aliphatic rings. The lowest BCUT2D eigenvalue weighted by Gasteiger charge is -2.29. The first-order valence-electron chi connectivity index (χ1n) is 14.6. The Hall–Kier alpha value is -4.99. The number of benzene rings is 3. The van der Waals surface area contributed by atoms with Gasteiger partial charge in [0.15, 0.2) is 0 Å². The fraction of sp³-hybridized carbons (Fsp3) is 0.324. The van der Waals surface area contributed by atoms with E-state index in [1.54, 1.807) is 69.3 Å². The molecule has 0 radical (unpaired) electrons. The number of ketones is 1. The van der Waals surface area contributed by atoms with E-state index < -0.39 is 41.4 Å². The number of nitrogens with one attached hydrogen (secondary N) is 2. The first-order valence-corrected chi connectivity index (χ1v) is 14.6. The van der Waals surface area contributed by atoms with Crippen molar-refractivity contribution in [3.8, 4) is 0 Å². The van der Waals surface area contributed by atoms with Crippen molar-refractivity contribution >= 4 is 29.6 Å². The molecule has 3 aromatic rings. The monoisotopic (exact) mass is 598 g/mol. The van der Waals surface area contributed by atoms with Gasteiger partial charge in [-0.05, 0) is 43.9 Å². The molecule has 0 bridgehead atoms. The summed E-state index contributed by atoms with van der Waals surface area (Å²) < 4.78 is 5.47. The van der Waals surface area contributed by atoms with E-state index in [0.717, 1.165) is 16.1 Å². The van der Waals surface area contributed by atoms with Crippen molar-refractivity contribution in [3.05, 3.63) is 108 Å². The molecular weight excluding hydrogens is 560 g/mol. The minimum absolute atomic E-state index is 0.0311. The van der Waals surface area contributed by atoms with Crippen LogP contribution in [-0.2, 0) is 43.4 Å². The maximum absolute atomic E-state index is 13.6. The predicted molar refractivity (Wildman–Crippen MR) is 163 cm³/mol. The maximum atomic E-state index is 13.6. The van der Waals surface area contributed by atoms with Crippen LogP contribution < -0.4 is 10.7 Å². The van der Waals surface area contributed by atoms with E-state index in [9.17, 15) is 24.0 Å². The summed E-state index contributed by atoms with van der Waals surface area (Å²) >= 11 is 0. The summed E-state index contributed by atoms with van der Waals surface area (Å²) in [6, 6.07) is 25.2. The second-order valence-electron chi connectivity index (χ2n) is 11.7. The van der Waals surface area contributed by atoms with Crippen LogP contribution in [0.5, 0.6) is 0 Å². The smallest absolute Gasteiger partial charge is 0.429 e. The van der Waals surface area contributed by atoms with Gasteiger partial charge in [-0.15, -0.1) is 0 Å². The zero-order valence-electron chi connectivity index (χ0n) is 25.2. The van der Waals surface area contributed by atoms with Gasteiger partial charge in [0.2, 0.25) is 17.6 Å². The quantitative estimate of drug-likeness (QED) is 0.269. The lowest BCUT2D eigenvalue weighted by molar-refractivity contribution is -0.143. The number of nitrogens with zero attached hydrogens (tertiary/aromatic N) is 2. The van der Waals surface area contributed by atoms with Crippen LogP contribution in [0, 0.1) is 0 Å². The molecule has 3 aromatic carbocycles. The van der Waals surface area contributed by atoms with Gasteiger partial charge in [0.05, 0.1) is 6.54 Å². The van der Waals surface area contributed by atoms with Crippen molar-refractivity contribution in [2.45, 2.75) is 70.8 Å². The predicted octanol–water partition coefficient (Wildman–Crippen LogP) is 3.94. The van der Waals surface area contributed by atoms with Crippen molar-refractivity contribution < 1.29 is 28.7 Å². The first-order chi connectivity index (χ1) is 21.0. The Morgan fingerprint density at radius 1 is 0.864 bits per heavy atom. The van der Waals surface area contributed by atoms with Crippen LogP contribution in [0.1, 0.15) is 50.3 Å². The molecule has 2 atom stereocenters. The molecule has 2 unspecified atom stereocenters. The van der Waals surface area contributed by atoms with Crippen LogP contribution in [0.15, 0.2) is 91.0 Å². The van der Waals surface area contributed by atoms with E-state index in [2.05, 4.69) is 10.7 Å². The minimum Gasteiger partial charge on any atom is -0.442 e. The normalized spacial score (nSPS) is 15.3. The Kier molecular flexibility index (Phi) is 10.5. The van der Waals surface area contributed by atoms with Crippen LogP contribution in [0.3, 0.4) is 0 Å². The number of Topliss-reactive ketones (excluding diaryl/α,β-unsaturated/α-hetero) is 1. The number of ether oxygens (including phenoxy) is 1. The standard InChI is InChI=1S/C34H38N4O6/c1-34(2,3)44-33(43)38(23-26-17-11-6-12-18-26)36-32(42)30(40)27(21-24-13-7-4-8-14-24)35-31(41)28-19-20-29(39)37(28)22-25-15-9-5-10-16-25/h4-18,27-28H,19-23H2,1-3H3,(H,35,41)(H,36,42). The summed E-state index contributed by atoms with van der Waals surface area (Å²) in [5.41, 5.74) is 3.84. The Balaban J connectivity index is 1.53. The highest BCUT2D eigenvalue weighted by atomic mass is 16.6. The van der Waals surface area contributed by atoms with Crippen LogP contribution in [0.25, 0.3) is 0 Å². The number of likely N-dealkylation sites (tertiary alicyclic amines) is 1. The molecule has 10 heteroatoms. The van der Waals surface area contributed by atoms with E-state index in [1.807, 2.05) is 42.5 Å². The van der Waals surface area contributed by atoms with Gasteiger partial charge in [-0.25, -0.2) is 9.80 Å². The molecule has 0 saturated carbocycles. The number of hydrazine groups is 1. The van der Waals surface area contributed by atoms with Crippen molar-refractivity contribution in [1.29, 1.82) is 0 Å². The van der Waals surface area contributed by atoms with E-state index >= 15 is 0 Å². The fourth-order valence-corrected chi connectivity index (χ4v) is 4.88. The number of hydrogen-bond acceptors (Lipinski definition) is 6. The maximum Gasteiger partial charge on any atom is 0.429 e. The molecule has 0 spiro atoms. The molecule has 1 heterocycles. The van der Waals surface area contributed by atoms with Crippen LogP contribution in [0.2, 0.25) is 0 Å². The van der Waals surface area contributed by atoms with Gasteiger partial charge >= 0.3 is 12.0 Å². The molecular formula is C34H38N4O6. The molecule has 4 rings (SSSR count). The van der Waals surface area contributed by atoms with Gasteiger partial charge in [-0.2, -0.15) is 0 Å². The Bertz CT molecular complexity index is 1460. The first kappa shape index (κ1) is 31.9. The molecule has 230 valence electrons. The summed E-state index contributed by atoms with van der Waals surface area (Å²) in [5, 5.41) is 3.68. The van der Waals surface area contributed by atoms with Crippen molar-refractivity contribution in [3.63, 3.8) is 0 Å². The molecule has 44 heavy (non-hydrogen) atoms. The van der Waals surface area contributed by atoms with Crippen molar-refractivity contribution in [1.82, 2.24) is 20.7 Å². The topological polar surface area (TPSA) is 125 Å². The van der Waals surface area contributed by atoms with Crippen LogP contribution in [0.4, 0.5) is 4.79 Å². The molecule has 0 aliphatic carbocycles. The molecule has 0 aromatic heterocycles. The number of rotatable bonds is 10. The zero-order valence-corrected chi connectivity index (χ0v) is 25.2. The van der Waals surface area contributed by atoms with Gasteiger partial charge in [0, 0.05) is 19.4 Å². The number of hydrogen-bond donors (Lipinski definition) is 2. The van der Waals surface area contributed by atoms with Crippen LogP contribution in [-0.4, -0.2) is 57.2 Å². The van der Waals surface area contributed by atoms with Gasteiger partial charge in [-0.1, -0.05) is 91.0 Å². The SMILES string of the molecule is CC(C)(C)OC(=O)N(Cc1ccccc1)NC(=O)C(=O)C(Cc1ccccc1)NC(=O)C1CCC(=O)N1Cc1ccccc1. The third-order valence-corrected chi connectivity index (χ3v) is 7.00. The average Bonchev–Trinajstić information content (AvgIpc) is 3.36. The lowest BCUT2D eigenvalue weighted by Crippen LogP contribution is -2.56. The highest BCUT2D eigenvalue weighted by molar-refractivity contribution is 6.38. The van der Waals surface area contributed by atoms with Gasteiger partial charge in [-0.3, -0.25) is 24.6 Å². The zero-order chi connectivity index (χ0) is 31.7. The Morgan fingerprint density at radius 3 is 1.98 bits per heavy atom. The second kappa shape index (κ2) is 14.5. The summed E-state index contributed by atoms with van der Waals surface area (Å²) in [7, 11) is 0. The number of carbonyl (C=O) groups is 5. The molecule has 4 amide bonds. The molecule has 1 saturated heterocycles. The average molecular weight is 599 g/mol. The molecule has 1 fully saturated rings. The molecule has 10 nitrogen and oxygen atoms in total. The molecule has 2 N–H and O–H groups in total. The van der Waals surface area contributed by atoms with E-state index in [1.165, 1.54) is 4.90 Å². The van der Waals surface area contributed by atoms with Crippen molar-refractivity contribution in [2.75, 3.05) is 0 Å². The lowest BCUT2D eigenvalue weighted by atomic mass is 10.0. The van der Waals surface area contributed by atoms with E-state index in [0.29, 0.717) is 12.0 Å². The third-order valence-electron chi connectivity index (χ3n) is 7.00. The largest absolute Gasteiger partial charge is 0.442 e. The third kappa shape index (κ3) is 9.00. The Labute approximate surface area is 257 Å². The van der Waals surface area contributed by atoms with Gasteiger partial charge < -0.3 is 15.0 Å². The summed E-state index contributed by atoms with van der Waals surface area (Å²) in [6.07, 6.45) is -0.317. The van der Waals surface area contributed by atoms with E-state index in [4.69, 9.17) is 4.74 Å². The minimum atomic E-state index is -1.25. The summed E-state index contributed by atoms with van der Waals surface area (Å²) in [4.78, 5) is 67.8. The Morgan fingerprint density at radius 2 is 1.41 bits per heavy atom. The van der Waals surface area contributed by atoms with Crippen molar-refractivity contribution in [2.24, 2.45) is 0 Å². The van der Waals surface area contributed by atoms with Gasteiger partial charge in [0.25, 0.3) is 0 Å². The summed E-state index contributed by atoms with van der Waals surface area (Å²) in [6.45, 7) is 5.28. The molecule has 1 aliphatic heterocycles. The fourth-order valence-electron chi connectivity index (χ4n) is 4.88. The van der Waals surface area contributed by atoms with Crippen LogP contribution >= 0.6 is 0 Å².